The molecule has 3 nitrogen and oxygen atoms in total. The van der Waals surface area contributed by atoms with E-state index in [0.717, 1.165) is 12.3 Å². The summed E-state index contributed by atoms with van der Waals surface area (Å²) in [7, 11) is 0. The summed E-state index contributed by atoms with van der Waals surface area (Å²) in [6, 6.07) is 0. The third-order valence-corrected chi connectivity index (χ3v) is 2.99. The number of halogens is 1. The fraction of sp³-hybridized carbons (Fsp3) is 0.600. The molecule has 0 spiro atoms. The Balaban J connectivity index is 2.71. The second kappa shape index (κ2) is 5.90. The molecule has 0 saturated heterocycles. The molecule has 0 bridgehead atoms. The third kappa shape index (κ3) is 4.03. The Kier molecular flexibility index (Phi) is 4.81. The van der Waals surface area contributed by atoms with Gasteiger partial charge >= 0.3 is 0 Å². The summed E-state index contributed by atoms with van der Waals surface area (Å²) in [5.41, 5.74) is 0. The van der Waals surface area contributed by atoms with Crippen LogP contribution in [0.2, 0.25) is 0 Å². The fourth-order valence-corrected chi connectivity index (χ4v) is 1.77. The van der Waals surface area contributed by atoms with Gasteiger partial charge in [-0.25, -0.2) is 14.4 Å². The molecule has 0 fully saturated rings. The normalized spacial score (nSPS) is 10.7. The minimum Gasteiger partial charge on any atom is -0.354 e. The van der Waals surface area contributed by atoms with Gasteiger partial charge in [-0.05, 0) is 12.8 Å². The van der Waals surface area contributed by atoms with Crippen molar-refractivity contribution in [1.82, 2.24) is 9.97 Å². The minimum absolute atomic E-state index is 0.345. The molecule has 0 aliphatic heterocycles. The SMILES string of the molecule is CCNc1ncc(F)c(SCC(C)C)n1. The maximum absolute atomic E-state index is 13.3. The second-order valence-corrected chi connectivity index (χ2v) is 4.59. The Hall–Kier alpha value is -0.840. The van der Waals surface area contributed by atoms with Crippen molar-refractivity contribution < 1.29 is 4.39 Å². The van der Waals surface area contributed by atoms with Crippen molar-refractivity contribution >= 4 is 17.7 Å². The van der Waals surface area contributed by atoms with Crippen LogP contribution in [0.25, 0.3) is 0 Å². The lowest BCUT2D eigenvalue weighted by molar-refractivity contribution is 0.579. The molecule has 0 amide bonds. The summed E-state index contributed by atoms with van der Waals surface area (Å²) in [6.07, 6.45) is 1.22. The molecule has 0 atom stereocenters. The van der Waals surface area contributed by atoms with Crippen molar-refractivity contribution in [2.45, 2.75) is 25.8 Å². The Bertz CT molecular complexity index is 318. The Morgan fingerprint density at radius 2 is 2.27 bits per heavy atom. The van der Waals surface area contributed by atoms with Gasteiger partial charge in [0.05, 0.1) is 6.20 Å². The molecule has 1 N–H and O–H groups in total. The van der Waals surface area contributed by atoms with Crippen LogP contribution >= 0.6 is 11.8 Å². The van der Waals surface area contributed by atoms with Gasteiger partial charge in [-0.2, -0.15) is 0 Å². The summed E-state index contributed by atoms with van der Waals surface area (Å²) >= 11 is 1.43. The largest absolute Gasteiger partial charge is 0.354 e. The predicted octanol–water partition coefficient (Wildman–Crippen LogP) is 2.80. The highest BCUT2D eigenvalue weighted by molar-refractivity contribution is 7.99. The summed E-state index contributed by atoms with van der Waals surface area (Å²) in [5, 5.41) is 3.39. The summed E-state index contributed by atoms with van der Waals surface area (Å²) in [4.78, 5) is 7.94. The number of nitrogens with zero attached hydrogens (tertiary/aromatic N) is 2. The number of anilines is 1. The fourth-order valence-electron chi connectivity index (χ4n) is 0.942. The van der Waals surface area contributed by atoms with E-state index in [4.69, 9.17) is 0 Å². The van der Waals surface area contributed by atoms with Crippen LogP contribution < -0.4 is 5.32 Å². The maximum atomic E-state index is 13.3. The van der Waals surface area contributed by atoms with E-state index in [2.05, 4.69) is 29.1 Å². The number of hydrogen-bond donors (Lipinski definition) is 1. The number of nitrogens with one attached hydrogen (secondary N) is 1. The maximum Gasteiger partial charge on any atom is 0.223 e. The molecule has 0 saturated carbocycles. The zero-order chi connectivity index (χ0) is 11.3. The molecule has 0 unspecified atom stereocenters. The molecule has 1 heterocycles. The van der Waals surface area contributed by atoms with Gasteiger partial charge in [-0.3, -0.25) is 0 Å². The van der Waals surface area contributed by atoms with Gasteiger partial charge in [0.25, 0.3) is 0 Å². The lowest BCUT2D eigenvalue weighted by Crippen LogP contribution is -2.04. The molecular weight excluding hydrogens is 213 g/mol. The minimum atomic E-state index is -0.345. The van der Waals surface area contributed by atoms with Crippen LogP contribution in [-0.2, 0) is 0 Å². The first kappa shape index (κ1) is 12.2. The standard InChI is InChI=1S/C10H16FN3S/c1-4-12-10-13-5-8(11)9(14-10)15-6-7(2)3/h5,7H,4,6H2,1-3H3,(H,12,13,14). The van der Waals surface area contributed by atoms with Crippen molar-refractivity contribution in [2.24, 2.45) is 5.92 Å². The molecule has 0 aliphatic rings. The van der Waals surface area contributed by atoms with Crippen molar-refractivity contribution in [3.05, 3.63) is 12.0 Å². The first-order valence-corrected chi connectivity index (χ1v) is 6.01. The summed E-state index contributed by atoms with van der Waals surface area (Å²) in [6.45, 7) is 6.88. The second-order valence-electron chi connectivity index (χ2n) is 3.58. The summed E-state index contributed by atoms with van der Waals surface area (Å²) < 4.78 is 13.3. The van der Waals surface area contributed by atoms with Crippen LogP contribution in [0.5, 0.6) is 0 Å². The van der Waals surface area contributed by atoms with Crippen LogP contribution in [0.3, 0.4) is 0 Å². The Morgan fingerprint density at radius 3 is 2.87 bits per heavy atom. The molecule has 1 rings (SSSR count). The molecular formula is C10H16FN3S. The zero-order valence-corrected chi connectivity index (χ0v) is 10.1. The number of rotatable bonds is 5. The van der Waals surface area contributed by atoms with Crippen molar-refractivity contribution in [2.75, 3.05) is 17.6 Å². The quantitative estimate of drug-likeness (QED) is 0.622. The molecule has 1 aromatic rings. The van der Waals surface area contributed by atoms with Gasteiger partial charge < -0.3 is 5.32 Å². The number of aromatic nitrogens is 2. The molecule has 0 aromatic carbocycles. The van der Waals surface area contributed by atoms with Gasteiger partial charge in [0.1, 0.15) is 5.03 Å². The first-order valence-electron chi connectivity index (χ1n) is 5.02. The van der Waals surface area contributed by atoms with Crippen molar-refractivity contribution in [3.8, 4) is 0 Å². The van der Waals surface area contributed by atoms with E-state index >= 15 is 0 Å². The van der Waals surface area contributed by atoms with E-state index in [1.807, 2.05) is 6.92 Å². The van der Waals surface area contributed by atoms with Gasteiger partial charge in [0.2, 0.25) is 5.95 Å². The van der Waals surface area contributed by atoms with E-state index in [-0.39, 0.29) is 5.82 Å². The monoisotopic (exact) mass is 229 g/mol. The van der Waals surface area contributed by atoms with Gasteiger partial charge in [0.15, 0.2) is 5.82 Å². The number of thioether (sulfide) groups is 1. The topological polar surface area (TPSA) is 37.8 Å². The van der Waals surface area contributed by atoms with Gasteiger partial charge in [-0.15, -0.1) is 11.8 Å². The van der Waals surface area contributed by atoms with E-state index in [0.29, 0.717) is 16.9 Å². The smallest absolute Gasteiger partial charge is 0.223 e. The predicted molar refractivity (Wildman–Crippen MR) is 61.7 cm³/mol. The van der Waals surface area contributed by atoms with E-state index in [1.165, 1.54) is 18.0 Å². The third-order valence-electron chi connectivity index (χ3n) is 1.60. The van der Waals surface area contributed by atoms with Crippen LogP contribution in [0.4, 0.5) is 10.3 Å². The van der Waals surface area contributed by atoms with E-state index in [1.54, 1.807) is 0 Å². The molecule has 15 heavy (non-hydrogen) atoms. The molecule has 0 aliphatic carbocycles. The highest BCUT2D eigenvalue weighted by Gasteiger charge is 2.07. The van der Waals surface area contributed by atoms with Gasteiger partial charge in [0, 0.05) is 12.3 Å². The molecule has 5 heteroatoms. The van der Waals surface area contributed by atoms with Crippen LogP contribution in [0.15, 0.2) is 11.2 Å². The average molecular weight is 229 g/mol. The highest BCUT2D eigenvalue weighted by Crippen LogP contribution is 2.21. The highest BCUT2D eigenvalue weighted by atomic mass is 32.2. The summed E-state index contributed by atoms with van der Waals surface area (Å²) in [5.74, 6) is 1.53. The van der Waals surface area contributed by atoms with Crippen molar-refractivity contribution in [3.63, 3.8) is 0 Å². The van der Waals surface area contributed by atoms with Crippen LogP contribution in [-0.4, -0.2) is 22.3 Å². The molecule has 0 radical (unpaired) electrons. The number of hydrogen-bond acceptors (Lipinski definition) is 4. The van der Waals surface area contributed by atoms with Crippen LogP contribution in [0, 0.1) is 11.7 Å². The lowest BCUT2D eigenvalue weighted by Gasteiger charge is -2.06. The Morgan fingerprint density at radius 1 is 1.53 bits per heavy atom. The molecule has 1 aromatic heterocycles. The first-order chi connectivity index (χ1) is 7.13. The van der Waals surface area contributed by atoms with Crippen LogP contribution in [0.1, 0.15) is 20.8 Å². The lowest BCUT2D eigenvalue weighted by atomic mass is 10.3. The van der Waals surface area contributed by atoms with E-state index in [9.17, 15) is 4.39 Å². The zero-order valence-electron chi connectivity index (χ0n) is 9.25. The van der Waals surface area contributed by atoms with Gasteiger partial charge in [-0.1, -0.05) is 13.8 Å². The van der Waals surface area contributed by atoms with E-state index < -0.39 is 0 Å². The Labute approximate surface area is 93.9 Å². The molecule has 84 valence electrons. The van der Waals surface area contributed by atoms with Crippen molar-refractivity contribution in [1.29, 1.82) is 0 Å². The average Bonchev–Trinajstić information content (AvgIpc) is 2.19.